The normalized spacial score (nSPS) is 10.8. The molecular weight excluding hydrogens is 314 g/mol. The van der Waals surface area contributed by atoms with Crippen LogP contribution in [0.5, 0.6) is 0 Å². The number of aromatic nitrogens is 2. The van der Waals surface area contributed by atoms with Gasteiger partial charge in [-0.25, -0.2) is 4.98 Å². The summed E-state index contributed by atoms with van der Waals surface area (Å²) in [6.45, 7) is 0.530. The molecule has 5 nitrogen and oxygen atoms in total. The SMILES string of the molecule is Cn1cc(-c2ccc(CN)cc2)nc1-c1ccc(CCC(=O)O)cc1. The smallest absolute Gasteiger partial charge is 0.303 e. The van der Waals surface area contributed by atoms with Gasteiger partial charge >= 0.3 is 5.97 Å². The van der Waals surface area contributed by atoms with Crippen molar-refractivity contribution >= 4 is 5.97 Å². The van der Waals surface area contributed by atoms with Crippen molar-refractivity contribution < 1.29 is 9.90 Å². The van der Waals surface area contributed by atoms with Crippen LogP contribution in [0, 0.1) is 0 Å². The fraction of sp³-hybridized carbons (Fsp3) is 0.200. The number of nitrogens with zero attached hydrogens (tertiary/aromatic N) is 2. The number of hydrogen-bond acceptors (Lipinski definition) is 3. The highest BCUT2D eigenvalue weighted by atomic mass is 16.4. The molecule has 0 saturated carbocycles. The highest BCUT2D eigenvalue weighted by Crippen LogP contribution is 2.25. The minimum atomic E-state index is -0.779. The summed E-state index contributed by atoms with van der Waals surface area (Å²) in [7, 11) is 1.97. The second-order valence-corrected chi connectivity index (χ2v) is 6.05. The first-order valence-electron chi connectivity index (χ1n) is 8.20. The molecule has 1 aromatic heterocycles. The maximum Gasteiger partial charge on any atom is 0.303 e. The zero-order valence-electron chi connectivity index (χ0n) is 14.1. The van der Waals surface area contributed by atoms with E-state index < -0.39 is 5.97 Å². The molecule has 3 aromatic rings. The van der Waals surface area contributed by atoms with E-state index in [1.54, 1.807) is 0 Å². The first kappa shape index (κ1) is 16.9. The second kappa shape index (κ2) is 7.32. The largest absolute Gasteiger partial charge is 0.481 e. The molecular formula is C20H21N3O2. The Kier molecular flexibility index (Phi) is 4.95. The summed E-state index contributed by atoms with van der Waals surface area (Å²) in [5.74, 6) is 0.0983. The molecule has 0 unspecified atom stereocenters. The molecule has 0 aliphatic rings. The van der Waals surface area contributed by atoms with Crippen molar-refractivity contribution in [3.63, 3.8) is 0 Å². The third-order valence-corrected chi connectivity index (χ3v) is 4.20. The number of aliphatic carboxylic acids is 1. The molecule has 5 heteroatoms. The average molecular weight is 335 g/mol. The fourth-order valence-electron chi connectivity index (χ4n) is 2.76. The Labute approximate surface area is 146 Å². The molecule has 0 amide bonds. The van der Waals surface area contributed by atoms with Gasteiger partial charge in [0.15, 0.2) is 0 Å². The molecule has 0 aliphatic heterocycles. The van der Waals surface area contributed by atoms with Crippen molar-refractivity contribution in [3.05, 3.63) is 65.9 Å². The minimum Gasteiger partial charge on any atom is -0.481 e. The Morgan fingerprint density at radius 3 is 2.24 bits per heavy atom. The summed E-state index contributed by atoms with van der Waals surface area (Å²) in [6, 6.07) is 16.0. The molecule has 128 valence electrons. The van der Waals surface area contributed by atoms with Crippen LogP contribution < -0.4 is 5.73 Å². The first-order valence-corrected chi connectivity index (χ1v) is 8.20. The van der Waals surface area contributed by atoms with Crippen molar-refractivity contribution in [1.29, 1.82) is 0 Å². The number of carbonyl (C=O) groups is 1. The van der Waals surface area contributed by atoms with Crippen molar-refractivity contribution in [1.82, 2.24) is 9.55 Å². The van der Waals surface area contributed by atoms with Crippen LogP contribution in [-0.2, 0) is 24.8 Å². The predicted octanol–water partition coefficient (Wildman–Crippen LogP) is 3.23. The Hall–Kier alpha value is -2.92. The molecule has 0 bridgehead atoms. The van der Waals surface area contributed by atoms with Crippen LogP contribution in [0.2, 0.25) is 0 Å². The van der Waals surface area contributed by atoms with Gasteiger partial charge in [-0.3, -0.25) is 4.79 Å². The third-order valence-electron chi connectivity index (χ3n) is 4.20. The Bertz CT molecular complexity index is 865. The number of rotatable bonds is 6. The van der Waals surface area contributed by atoms with Crippen molar-refractivity contribution in [3.8, 4) is 22.6 Å². The molecule has 3 N–H and O–H groups in total. The van der Waals surface area contributed by atoms with Gasteiger partial charge in [0.1, 0.15) is 5.82 Å². The van der Waals surface area contributed by atoms with E-state index in [-0.39, 0.29) is 6.42 Å². The van der Waals surface area contributed by atoms with Crippen molar-refractivity contribution in [2.75, 3.05) is 0 Å². The van der Waals surface area contributed by atoms with Crippen molar-refractivity contribution in [2.24, 2.45) is 12.8 Å². The third kappa shape index (κ3) is 3.95. The number of nitrogens with two attached hydrogens (primary N) is 1. The summed E-state index contributed by atoms with van der Waals surface area (Å²) in [5.41, 5.74) is 10.7. The maximum absolute atomic E-state index is 10.7. The zero-order chi connectivity index (χ0) is 17.8. The maximum atomic E-state index is 10.7. The highest BCUT2D eigenvalue weighted by Gasteiger charge is 2.10. The van der Waals surface area contributed by atoms with Crippen LogP contribution in [-0.4, -0.2) is 20.6 Å². The lowest BCUT2D eigenvalue weighted by atomic mass is 10.1. The number of imidazole rings is 1. The van der Waals surface area contributed by atoms with Gasteiger partial charge in [0.2, 0.25) is 0 Å². The number of aryl methyl sites for hydroxylation is 2. The number of carboxylic acid groups (broad SMARTS) is 1. The molecule has 2 aromatic carbocycles. The van der Waals surface area contributed by atoms with E-state index in [2.05, 4.69) is 0 Å². The van der Waals surface area contributed by atoms with E-state index in [1.807, 2.05) is 66.3 Å². The van der Waals surface area contributed by atoms with E-state index in [1.165, 1.54) is 0 Å². The van der Waals surface area contributed by atoms with Gasteiger partial charge in [-0.1, -0.05) is 48.5 Å². The van der Waals surface area contributed by atoms with Crippen LogP contribution >= 0.6 is 0 Å². The molecule has 25 heavy (non-hydrogen) atoms. The summed E-state index contributed by atoms with van der Waals surface area (Å²) in [4.78, 5) is 15.4. The molecule has 1 heterocycles. The zero-order valence-corrected chi connectivity index (χ0v) is 14.1. The molecule has 0 atom stereocenters. The van der Waals surface area contributed by atoms with E-state index in [0.717, 1.165) is 33.8 Å². The lowest BCUT2D eigenvalue weighted by Crippen LogP contribution is -1.97. The standard InChI is InChI=1S/C20H21N3O2/c1-23-13-18(16-7-4-15(12-21)5-8-16)22-20(23)17-9-2-14(3-10-17)6-11-19(24)25/h2-5,7-10,13H,6,11-12,21H2,1H3,(H,24,25). The molecule has 0 radical (unpaired) electrons. The number of carboxylic acids is 1. The van der Waals surface area contributed by atoms with Crippen molar-refractivity contribution in [2.45, 2.75) is 19.4 Å². The Balaban J connectivity index is 1.83. The summed E-state index contributed by atoms with van der Waals surface area (Å²) < 4.78 is 2.00. The fourth-order valence-corrected chi connectivity index (χ4v) is 2.76. The van der Waals surface area contributed by atoms with Crippen LogP contribution in [0.25, 0.3) is 22.6 Å². The molecule has 0 spiro atoms. The van der Waals surface area contributed by atoms with Crippen LogP contribution in [0.3, 0.4) is 0 Å². The lowest BCUT2D eigenvalue weighted by Gasteiger charge is -2.03. The molecule has 0 fully saturated rings. The Morgan fingerprint density at radius 1 is 1.04 bits per heavy atom. The van der Waals surface area contributed by atoms with Gasteiger partial charge in [-0.2, -0.15) is 0 Å². The van der Waals surface area contributed by atoms with E-state index >= 15 is 0 Å². The van der Waals surface area contributed by atoms with Gasteiger partial charge in [0.25, 0.3) is 0 Å². The predicted molar refractivity (Wildman–Crippen MR) is 97.9 cm³/mol. The van der Waals surface area contributed by atoms with Gasteiger partial charge in [-0.15, -0.1) is 0 Å². The van der Waals surface area contributed by atoms with E-state index in [0.29, 0.717) is 13.0 Å². The highest BCUT2D eigenvalue weighted by molar-refractivity contribution is 5.67. The van der Waals surface area contributed by atoms with E-state index in [9.17, 15) is 4.79 Å². The first-order chi connectivity index (χ1) is 12.1. The summed E-state index contributed by atoms with van der Waals surface area (Å²) in [5, 5.41) is 8.77. The molecule has 0 saturated heterocycles. The van der Waals surface area contributed by atoms with Gasteiger partial charge in [0, 0.05) is 37.3 Å². The minimum absolute atomic E-state index is 0.144. The lowest BCUT2D eigenvalue weighted by molar-refractivity contribution is -0.136. The van der Waals surface area contributed by atoms with Crippen LogP contribution in [0.15, 0.2) is 54.7 Å². The quantitative estimate of drug-likeness (QED) is 0.724. The Morgan fingerprint density at radius 2 is 1.64 bits per heavy atom. The number of benzene rings is 2. The molecule has 0 aliphatic carbocycles. The summed E-state index contributed by atoms with van der Waals surface area (Å²) >= 11 is 0. The van der Waals surface area contributed by atoms with Gasteiger partial charge in [0.05, 0.1) is 5.69 Å². The number of hydrogen-bond donors (Lipinski definition) is 2. The van der Waals surface area contributed by atoms with Crippen LogP contribution in [0.4, 0.5) is 0 Å². The second-order valence-electron chi connectivity index (χ2n) is 6.05. The monoisotopic (exact) mass is 335 g/mol. The topological polar surface area (TPSA) is 81.1 Å². The van der Waals surface area contributed by atoms with Crippen LogP contribution in [0.1, 0.15) is 17.5 Å². The average Bonchev–Trinajstić information content (AvgIpc) is 3.02. The van der Waals surface area contributed by atoms with Gasteiger partial charge < -0.3 is 15.4 Å². The van der Waals surface area contributed by atoms with E-state index in [4.69, 9.17) is 15.8 Å². The molecule has 3 rings (SSSR count). The summed E-state index contributed by atoms with van der Waals surface area (Å²) in [6.07, 6.45) is 2.69. The van der Waals surface area contributed by atoms with Gasteiger partial charge in [-0.05, 0) is 17.5 Å².